The maximum Gasteiger partial charge on any atom is 0.250 e. The molecule has 2 aromatic heterocycles. The van der Waals surface area contributed by atoms with Gasteiger partial charge in [-0.25, -0.2) is 0 Å². The molecule has 0 fully saturated rings. The third-order valence-electron chi connectivity index (χ3n) is 13.3. The number of fused-ring (bicyclic) bond motifs is 6. The van der Waals surface area contributed by atoms with E-state index in [4.69, 9.17) is 0 Å². The highest BCUT2D eigenvalue weighted by Gasteiger charge is 2.18. The number of anilines is 4. The predicted molar refractivity (Wildman–Crippen MR) is 290 cm³/mol. The van der Waals surface area contributed by atoms with Crippen molar-refractivity contribution in [2.24, 2.45) is 0 Å². The molecule has 0 aliphatic rings. The topological polar surface area (TPSA) is 42.2 Å². The summed E-state index contributed by atoms with van der Waals surface area (Å²) in [6, 6.07) is 86.6. The van der Waals surface area contributed by atoms with Gasteiger partial charge in [0, 0.05) is 61.2 Å². The number of hydrogen-bond donors (Lipinski definition) is 1. The minimum absolute atomic E-state index is 0.185. The summed E-state index contributed by atoms with van der Waals surface area (Å²) in [4.78, 5) is 14.6. The molecule has 5 heteroatoms. The fraction of sp³-hybridized carbons (Fsp3) is 0.0156. The fourth-order valence-corrected chi connectivity index (χ4v) is 9.86. The van der Waals surface area contributed by atoms with Crippen LogP contribution in [0.5, 0.6) is 0 Å². The first-order valence-electron chi connectivity index (χ1n) is 23.3. The summed E-state index contributed by atoms with van der Waals surface area (Å²) in [6.45, 7) is 5.46. The van der Waals surface area contributed by atoms with Gasteiger partial charge in [-0.05, 0) is 149 Å². The van der Waals surface area contributed by atoms with Crippen LogP contribution in [0.4, 0.5) is 22.7 Å². The van der Waals surface area contributed by atoms with E-state index in [-0.39, 0.29) is 5.91 Å². The third kappa shape index (κ3) is 7.53. The third-order valence-corrected chi connectivity index (χ3v) is 13.3. The quantitative estimate of drug-likeness (QED) is 0.139. The normalized spacial score (nSPS) is 11.4. The van der Waals surface area contributed by atoms with Gasteiger partial charge in [0.1, 0.15) is 0 Å². The standard InChI is InChI=1S/C64H46N4O/c1-43(2)64(69)65-50-31-21-44(22-32-50)45-23-33-53(34-24-45)66(54-35-25-46(26-36-54)48-29-39-62-58(41-48)56-17-9-11-19-60(56)67(62)51-13-5-3-6-14-51)55-37-27-47(28-38-55)49-30-40-63-59(42-49)57-18-10-12-20-61(57)68(63)52-15-7-4-8-16-52/h3-42H,1H2,2H3,(H,65,69). The predicted octanol–water partition coefficient (Wildman–Crippen LogP) is 16.9. The van der Waals surface area contributed by atoms with E-state index in [1.54, 1.807) is 6.92 Å². The summed E-state index contributed by atoms with van der Waals surface area (Å²) in [5.41, 5.74) is 18.2. The summed E-state index contributed by atoms with van der Waals surface area (Å²) in [7, 11) is 0. The SMILES string of the molecule is C=C(C)C(=O)Nc1ccc(-c2ccc(N(c3ccc(-c4ccc5c(c4)c4ccccc4n5-c4ccccc4)cc3)c3ccc(-c4ccc5c(c4)c4ccccc4n5-c4ccccc4)cc3)cc2)cc1. The lowest BCUT2D eigenvalue weighted by Gasteiger charge is -2.26. The Labute approximate surface area is 401 Å². The van der Waals surface area contributed by atoms with Gasteiger partial charge in [-0.3, -0.25) is 4.79 Å². The highest BCUT2D eigenvalue weighted by molar-refractivity contribution is 6.12. The summed E-state index contributed by atoms with van der Waals surface area (Å²) in [5.74, 6) is -0.185. The molecule has 0 spiro atoms. The van der Waals surface area contributed by atoms with Gasteiger partial charge in [-0.2, -0.15) is 0 Å². The number of amides is 1. The van der Waals surface area contributed by atoms with Crippen molar-refractivity contribution in [3.05, 3.63) is 255 Å². The zero-order valence-electron chi connectivity index (χ0n) is 38.1. The van der Waals surface area contributed by atoms with E-state index < -0.39 is 0 Å². The Hall–Kier alpha value is -9.19. The minimum Gasteiger partial charge on any atom is -0.322 e. The molecule has 10 aromatic carbocycles. The molecule has 5 nitrogen and oxygen atoms in total. The van der Waals surface area contributed by atoms with Gasteiger partial charge in [0.25, 0.3) is 5.91 Å². The van der Waals surface area contributed by atoms with Crippen molar-refractivity contribution in [3.63, 3.8) is 0 Å². The first-order chi connectivity index (χ1) is 33.9. The van der Waals surface area contributed by atoms with Crippen molar-refractivity contribution < 1.29 is 4.79 Å². The lowest BCUT2D eigenvalue weighted by atomic mass is 10.0. The van der Waals surface area contributed by atoms with Crippen molar-refractivity contribution >= 4 is 72.3 Å². The number of nitrogens with zero attached hydrogens (tertiary/aromatic N) is 3. The van der Waals surface area contributed by atoms with Gasteiger partial charge in [-0.15, -0.1) is 0 Å². The lowest BCUT2D eigenvalue weighted by Crippen LogP contribution is -2.11. The Morgan fingerprint density at radius 2 is 0.710 bits per heavy atom. The van der Waals surface area contributed by atoms with Crippen LogP contribution in [0, 0.1) is 0 Å². The van der Waals surface area contributed by atoms with Crippen LogP contribution in [0.1, 0.15) is 6.92 Å². The van der Waals surface area contributed by atoms with E-state index in [0.717, 1.165) is 56.4 Å². The number of benzene rings is 10. The maximum atomic E-state index is 12.2. The van der Waals surface area contributed by atoms with Crippen LogP contribution in [0.25, 0.3) is 88.4 Å². The van der Waals surface area contributed by atoms with E-state index in [0.29, 0.717) is 5.57 Å². The smallest absolute Gasteiger partial charge is 0.250 e. The van der Waals surface area contributed by atoms with Crippen LogP contribution in [0.15, 0.2) is 255 Å². The minimum atomic E-state index is -0.185. The molecule has 2 heterocycles. The highest BCUT2D eigenvalue weighted by atomic mass is 16.1. The van der Waals surface area contributed by atoms with Gasteiger partial charge < -0.3 is 19.4 Å². The zero-order chi connectivity index (χ0) is 46.4. The molecule has 69 heavy (non-hydrogen) atoms. The number of carbonyl (C=O) groups is 1. The molecule has 0 radical (unpaired) electrons. The van der Waals surface area contributed by atoms with Crippen LogP contribution in [-0.2, 0) is 4.79 Å². The van der Waals surface area contributed by atoms with Gasteiger partial charge in [-0.1, -0.05) is 140 Å². The molecule has 0 bridgehead atoms. The second-order valence-corrected chi connectivity index (χ2v) is 17.6. The number of rotatable bonds is 10. The number of aromatic nitrogens is 2. The molecular formula is C64H46N4O. The molecule has 0 unspecified atom stereocenters. The van der Waals surface area contributed by atoms with Crippen LogP contribution < -0.4 is 10.2 Å². The molecule has 0 saturated carbocycles. The zero-order valence-corrected chi connectivity index (χ0v) is 38.1. The molecule has 0 aliphatic carbocycles. The summed E-state index contributed by atoms with van der Waals surface area (Å²) >= 11 is 0. The van der Waals surface area contributed by atoms with E-state index in [1.165, 1.54) is 54.7 Å². The van der Waals surface area contributed by atoms with Crippen molar-refractivity contribution in [1.29, 1.82) is 0 Å². The molecular weight excluding hydrogens is 841 g/mol. The van der Waals surface area contributed by atoms with Gasteiger partial charge in [0.2, 0.25) is 0 Å². The Morgan fingerprint density at radius 3 is 1.12 bits per heavy atom. The van der Waals surface area contributed by atoms with Gasteiger partial charge >= 0.3 is 0 Å². The molecule has 12 rings (SSSR count). The van der Waals surface area contributed by atoms with Gasteiger partial charge in [0.15, 0.2) is 0 Å². The Bertz CT molecular complexity index is 3670. The van der Waals surface area contributed by atoms with Crippen molar-refractivity contribution in [3.8, 4) is 44.8 Å². The number of nitrogens with one attached hydrogen (secondary N) is 1. The summed E-state index contributed by atoms with van der Waals surface area (Å²) < 4.78 is 4.71. The molecule has 0 atom stereocenters. The monoisotopic (exact) mass is 886 g/mol. The van der Waals surface area contributed by atoms with E-state index in [9.17, 15) is 4.79 Å². The molecule has 328 valence electrons. The van der Waals surface area contributed by atoms with E-state index >= 15 is 0 Å². The molecule has 1 amide bonds. The van der Waals surface area contributed by atoms with E-state index in [1.807, 2.05) is 24.3 Å². The Kier molecular flexibility index (Phi) is 10.3. The number of hydrogen-bond acceptors (Lipinski definition) is 2. The average molecular weight is 887 g/mol. The Morgan fingerprint density at radius 1 is 0.377 bits per heavy atom. The highest BCUT2D eigenvalue weighted by Crippen LogP contribution is 2.41. The van der Waals surface area contributed by atoms with Crippen LogP contribution in [-0.4, -0.2) is 15.0 Å². The second kappa shape index (κ2) is 17.2. The molecule has 12 aromatic rings. The van der Waals surface area contributed by atoms with Crippen LogP contribution >= 0.6 is 0 Å². The van der Waals surface area contributed by atoms with Crippen molar-refractivity contribution in [2.75, 3.05) is 10.2 Å². The maximum absolute atomic E-state index is 12.2. The Balaban J connectivity index is 0.905. The summed E-state index contributed by atoms with van der Waals surface area (Å²) in [5, 5.41) is 7.83. The summed E-state index contributed by atoms with van der Waals surface area (Å²) in [6.07, 6.45) is 0. The van der Waals surface area contributed by atoms with Gasteiger partial charge in [0.05, 0.1) is 22.1 Å². The van der Waals surface area contributed by atoms with E-state index in [2.05, 4.69) is 244 Å². The van der Waals surface area contributed by atoms with Crippen LogP contribution in [0.2, 0.25) is 0 Å². The molecule has 0 aliphatic heterocycles. The molecule has 1 N–H and O–H groups in total. The molecule has 0 saturated heterocycles. The largest absolute Gasteiger partial charge is 0.322 e. The number of para-hydroxylation sites is 4. The van der Waals surface area contributed by atoms with Crippen LogP contribution in [0.3, 0.4) is 0 Å². The average Bonchev–Trinajstić information content (AvgIpc) is 3.92. The first-order valence-corrected chi connectivity index (χ1v) is 23.3. The first kappa shape index (κ1) is 41.3. The lowest BCUT2D eigenvalue weighted by molar-refractivity contribution is -0.112. The second-order valence-electron chi connectivity index (χ2n) is 17.6. The van der Waals surface area contributed by atoms with Crippen molar-refractivity contribution in [2.45, 2.75) is 6.92 Å². The fourth-order valence-electron chi connectivity index (χ4n) is 9.86. The van der Waals surface area contributed by atoms with Crippen molar-refractivity contribution in [1.82, 2.24) is 9.13 Å². The number of carbonyl (C=O) groups excluding carboxylic acids is 1.